The second-order valence-corrected chi connectivity index (χ2v) is 7.77. The Morgan fingerprint density at radius 3 is 2.00 bits per heavy atom. The molecule has 0 aliphatic rings. The summed E-state index contributed by atoms with van der Waals surface area (Å²) in [7, 11) is -7.17. The molecule has 0 saturated heterocycles. The fourth-order valence-electron chi connectivity index (χ4n) is 1.35. The third kappa shape index (κ3) is 7.35. The molecule has 0 fully saturated rings. The second kappa shape index (κ2) is 8.82. The van der Waals surface area contributed by atoms with Gasteiger partial charge in [-0.1, -0.05) is 13.8 Å². The molecule has 0 unspecified atom stereocenters. The molecule has 0 radical (unpaired) electrons. The number of carbonyl (C=O) groups is 1. The number of esters is 1. The van der Waals surface area contributed by atoms with Crippen molar-refractivity contribution in [1.29, 1.82) is 0 Å². The standard InChI is InChI=1S/C10H23N2O7PS/c1-6-18-20(14,19-7-2)12-21(15,16)11-9(8(3)4)10(13)17-5/h8-9,11H,6-7H2,1-5H3,(H,12,14)/t9-/m0/s1. The molecule has 0 bridgehead atoms. The first-order valence-corrected chi connectivity index (χ1v) is 9.41. The van der Waals surface area contributed by atoms with E-state index < -0.39 is 30.0 Å². The first kappa shape index (κ1) is 20.5. The number of hydrogen-bond donors (Lipinski definition) is 2. The SMILES string of the molecule is CCOP(=O)(NS(=O)(=O)N[C@H](C(=O)OC)C(C)C)OCC. The summed E-state index contributed by atoms with van der Waals surface area (Å²) in [6.07, 6.45) is 0. The van der Waals surface area contributed by atoms with Gasteiger partial charge >= 0.3 is 13.7 Å². The highest BCUT2D eigenvalue weighted by Crippen LogP contribution is 2.44. The van der Waals surface area contributed by atoms with Crippen LogP contribution in [-0.2, 0) is 33.4 Å². The van der Waals surface area contributed by atoms with E-state index in [-0.39, 0.29) is 19.1 Å². The van der Waals surface area contributed by atoms with Crippen molar-refractivity contribution < 1.29 is 31.6 Å². The van der Waals surface area contributed by atoms with Crippen LogP contribution in [-0.4, -0.2) is 40.8 Å². The minimum Gasteiger partial charge on any atom is -0.468 e. The topological polar surface area (TPSA) is 120 Å². The van der Waals surface area contributed by atoms with E-state index in [0.29, 0.717) is 0 Å². The quantitative estimate of drug-likeness (QED) is 0.443. The van der Waals surface area contributed by atoms with Crippen molar-refractivity contribution in [2.24, 2.45) is 5.92 Å². The lowest BCUT2D eigenvalue weighted by Gasteiger charge is -2.22. The molecule has 0 aliphatic carbocycles. The van der Waals surface area contributed by atoms with Gasteiger partial charge in [0.15, 0.2) is 0 Å². The zero-order chi connectivity index (χ0) is 16.7. The Bertz CT molecular complexity index is 470. The number of carbonyl (C=O) groups excluding carboxylic acids is 1. The molecule has 2 N–H and O–H groups in total. The fourth-order valence-corrected chi connectivity index (χ4v) is 4.62. The second-order valence-electron chi connectivity index (χ2n) is 4.29. The van der Waals surface area contributed by atoms with Crippen LogP contribution in [0, 0.1) is 5.92 Å². The van der Waals surface area contributed by atoms with Crippen LogP contribution in [0.2, 0.25) is 0 Å². The summed E-state index contributed by atoms with van der Waals surface area (Å²) in [4.78, 5) is 11.5. The van der Waals surface area contributed by atoms with E-state index in [1.54, 1.807) is 32.2 Å². The average Bonchev–Trinajstić information content (AvgIpc) is 2.34. The van der Waals surface area contributed by atoms with Crippen LogP contribution >= 0.6 is 7.75 Å². The van der Waals surface area contributed by atoms with E-state index in [9.17, 15) is 17.8 Å². The normalized spacial score (nSPS) is 14.2. The van der Waals surface area contributed by atoms with Crippen molar-refractivity contribution in [3.63, 3.8) is 0 Å². The highest BCUT2D eigenvalue weighted by Gasteiger charge is 2.34. The van der Waals surface area contributed by atoms with Gasteiger partial charge in [0.1, 0.15) is 6.04 Å². The van der Waals surface area contributed by atoms with Crippen LogP contribution in [0.25, 0.3) is 0 Å². The summed E-state index contributed by atoms with van der Waals surface area (Å²) in [6, 6.07) is -1.12. The van der Waals surface area contributed by atoms with Gasteiger partial charge in [0.25, 0.3) is 10.2 Å². The summed E-state index contributed by atoms with van der Waals surface area (Å²) < 4.78 is 54.1. The highest BCUT2D eigenvalue weighted by atomic mass is 32.2. The van der Waals surface area contributed by atoms with Gasteiger partial charge in [-0.3, -0.25) is 13.8 Å². The number of methoxy groups -OCH3 is 1. The van der Waals surface area contributed by atoms with Crippen LogP contribution < -0.4 is 9.21 Å². The van der Waals surface area contributed by atoms with Gasteiger partial charge in [0, 0.05) is 0 Å². The van der Waals surface area contributed by atoms with Gasteiger partial charge in [-0.2, -0.15) is 13.1 Å². The third-order valence-corrected chi connectivity index (χ3v) is 5.85. The van der Waals surface area contributed by atoms with Crippen molar-refractivity contribution in [2.75, 3.05) is 20.3 Å². The highest BCUT2D eigenvalue weighted by molar-refractivity contribution is 7.93. The Balaban J connectivity index is 5.11. The monoisotopic (exact) mass is 346 g/mol. The molecule has 0 aromatic rings. The Kier molecular flexibility index (Phi) is 8.60. The van der Waals surface area contributed by atoms with Crippen LogP contribution in [0.15, 0.2) is 0 Å². The average molecular weight is 346 g/mol. The molecule has 0 aromatic heterocycles. The minimum absolute atomic E-state index is 0.00952. The van der Waals surface area contributed by atoms with Crippen molar-refractivity contribution in [1.82, 2.24) is 9.21 Å². The van der Waals surface area contributed by atoms with Crippen molar-refractivity contribution >= 4 is 23.9 Å². The number of hydrogen-bond acceptors (Lipinski definition) is 7. The van der Waals surface area contributed by atoms with Gasteiger partial charge in [0.05, 0.1) is 20.3 Å². The Morgan fingerprint density at radius 1 is 1.19 bits per heavy atom. The maximum absolute atomic E-state index is 12.1. The predicted molar refractivity (Wildman–Crippen MR) is 76.7 cm³/mol. The van der Waals surface area contributed by atoms with E-state index in [1.807, 2.05) is 0 Å². The molecule has 126 valence electrons. The summed E-state index contributed by atoms with van der Waals surface area (Å²) in [6.45, 7) is 6.33. The van der Waals surface area contributed by atoms with Crippen LogP contribution in [0.3, 0.4) is 0 Å². The first-order valence-electron chi connectivity index (χ1n) is 6.39. The summed E-state index contributed by atoms with van der Waals surface area (Å²) in [5.74, 6) is -1.12. The largest absolute Gasteiger partial charge is 0.468 e. The van der Waals surface area contributed by atoms with Gasteiger partial charge < -0.3 is 4.74 Å². The number of rotatable bonds is 10. The Labute approximate surface area is 125 Å². The fraction of sp³-hybridized carbons (Fsp3) is 0.900. The van der Waals surface area contributed by atoms with Gasteiger partial charge in [-0.25, -0.2) is 4.57 Å². The van der Waals surface area contributed by atoms with E-state index >= 15 is 0 Å². The summed E-state index contributed by atoms with van der Waals surface area (Å²) >= 11 is 0. The molecule has 0 aromatic carbocycles. The molecule has 21 heavy (non-hydrogen) atoms. The first-order chi connectivity index (χ1) is 9.60. The van der Waals surface area contributed by atoms with Gasteiger partial charge in [-0.15, -0.1) is 4.49 Å². The minimum atomic E-state index is -4.30. The van der Waals surface area contributed by atoms with Crippen molar-refractivity contribution in [3.05, 3.63) is 0 Å². The lowest BCUT2D eigenvalue weighted by Crippen LogP contribution is -2.48. The lowest BCUT2D eigenvalue weighted by atomic mass is 10.1. The van der Waals surface area contributed by atoms with E-state index in [4.69, 9.17) is 9.05 Å². The van der Waals surface area contributed by atoms with E-state index in [1.165, 1.54) is 0 Å². The van der Waals surface area contributed by atoms with E-state index in [2.05, 4.69) is 9.46 Å². The molecule has 0 saturated carbocycles. The van der Waals surface area contributed by atoms with Crippen molar-refractivity contribution in [3.8, 4) is 0 Å². The molecule has 1 atom stereocenters. The Hall–Kier alpha value is -0.510. The summed E-state index contributed by atoms with van der Waals surface area (Å²) in [5, 5.41) is 0. The van der Waals surface area contributed by atoms with E-state index in [0.717, 1.165) is 7.11 Å². The molecule has 0 spiro atoms. The Morgan fingerprint density at radius 2 is 1.67 bits per heavy atom. The molecular weight excluding hydrogens is 323 g/mol. The molecular formula is C10H23N2O7PS. The molecule has 0 rings (SSSR count). The molecule has 0 amide bonds. The lowest BCUT2D eigenvalue weighted by molar-refractivity contribution is -0.143. The number of nitrogens with one attached hydrogen (secondary N) is 2. The zero-order valence-corrected chi connectivity index (χ0v) is 14.5. The maximum atomic E-state index is 12.1. The van der Waals surface area contributed by atoms with Crippen LogP contribution in [0.5, 0.6) is 0 Å². The molecule has 9 nitrogen and oxygen atoms in total. The molecule has 0 aliphatic heterocycles. The molecule has 0 heterocycles. The van der Waals surface area contributed by atoms with Gasteiger partial charge in [0.2, 0.25) is 0 Å². The van der Waals surface area contributed by atoms with Crippen LogP contribution in [0.4, 0.5) is 0 Å². The third-order valence-electron chi connectivity index (χ3n) is 2.23. The summed E-state index contributed by atoms with van der Waals surface area (Å²) in [5.41, 5.74) is 0. The van der Waals surface area contributed by atoms with Gasteiger partial charge in [-0.05, 0) is 19.8 Å². The number of ether oxygens (including phenoxy) is 1. The zero-order valence-electron chi connectivity index (χ0n) is 12.8. The maximum Gasteiger partial charge on any atom is 0.420 e. The van der Waals surface area contributed by atoms with Crippen LogP contribution in [0.1, 0.15) is 27.7 Å². The molecule has 11 heteroatoms. The predicted octanol–water partition coefficient (Wildman–Crippen LogP) is 0.789. The van der Waals surface area contributed by atoms with Crippen molar-refractivity contribution in [2.45, 2.75) is 33.7 Å². The smallest absolute Gasteiger partial charge is 0.420 e.